The Kier molecular flexibility index (Phi) is 4.53. The molecule has 1 spiro atoms. The highest BCUT2D eigenvalue weighted by atomic mass is 16.5. The number of hydrogen-bond acceptors (Lipinski definition) is 4. The van der Waals surface area contributed by atoms with E-state index in [4.69, 9.17) is 4.74 Å². The third-order valence-corrected chi connectivity index (χ3v) is 5.47. The fourth-order valence-electron chi connectivity index (χ4n) is 4.08. The number of aromatic nitrogens is 3. The molecule has 2 aromatic rings. The van der Waals surface area contributed by atoms with Crippen LogP contribution in [0.2, 0.25) is 0 Å². The van der Waals surface area contributed by atoms with Gasteiger partial charge in [0, 0.05) is 26.1 Å². The van der Waals surface area contributed by atoms with E-state index >= 15 is 0 Å². The predicted molar refractivity (Wildman–Crippen MR) is 100.0 cm³/mol. The quantitative estimate of drug-likeness (QED) is 0.653. The van der Waals surface area contributed by atoms with Crippen LogP contribution in [-0.4, -0.2) is 33.4 Å². The van der Waals surface area contributed by atoms with Crippen LogP contribution < -0.4 is 15.4 Å². The molecule has 1 unspecified atom stereocenters. The SMILES string of the molecule is CN=C(NCc1ncnn1C)NC1CC2(CCCC2)Oc2ccccc21. The molecule has 0 saturated heterocycles. The third kappa shape index (κ3) is 3.25. The fourth-order valence-corrected chi connectivity index (χ4v) is 4.08. The first-order chi connectivity index (χ1) is 12.7. The van der Waals surface area contributed by atoms with Crippen LogP contribution in [0.3, 0.4) is 0 Å². The maximum absolute atomic E-state index is 6.44. The number of ether oxygens (including phenoxy) is 1. The number of rotatable bonds is 3. The number of hydrogen-bond donors (Lipinski definition) is 2. The van der Waals surface area contributed by atoms with Crippen molar-refractivity contribution < 1.29 is 4.74 Å². The van der Waals surface area contributed by atoms with Gasteiger partial charge in [0.1, 0.15) is 23.5 Å². The molecule has 1 atom stereocenters. The van der Waals surface area contributed by atoms with Crippen molar-refractivity contribution in [3.8, 4) is 5.75 Å². The molecule has 2 heterocycles. The molecule has 0 amide bonds. The van der Waals surface area contributed by atoms with Crippen LogP contribution in [-0.2, 0) is 13.6 Å². The lowest BCUT2D eigenvalue weighted by atomic mass is 9.86. The molecule has 1 aliphatic carbocycles. The summed E-state index contributed by atoms with van der Waals surface area (Å²) in [6.45, 7) is 0.576. The summed E-state index contributed by atoms with van der Waals surface area (Å²) in [5.74, 6) is 2.64. The minimum atomic E-state index is -0.0333. The highest BCUT2D eigenvalue weighted by Gasteiger charge is 2.43. The summed E-state index contributed by atoms with van der Waals surface area (Å²) in [7, 11) is 3.68. The van der Waals surface area contributed by atoms with E-state index in [1.54, 1.807) is 18.1 Å². The zero-order chi connectivity index (χ0) is 18.0. The molecule has 7 heteroatoms. The van der Waals surface area contributed by atoms with Gasteiger partial charge in [0.25, 0.3) is 0 Å². The smallest absolute Gasteiger partial charge is 0.191 e. The largest absolute Gasteiger partial charge is 0.487 e. The van der Waals surface area contributed by atoms with Gasteiger partial charge in [-0.15, -0.1) is 0 Å². The normalized spacial score (nSPS) is 21.3. The van der Waals surface area contributed by atoms with Gasteiger partial charge in [-0.1, -0.05) is 18.2 Å². The van der Waals surface area contributed by atoms with Crippen molar-refractivity contribution in [1.82, 2.24) is 25.4 Å². The number of benzene rings is 1. The molecule has 0 radical (unpaired) electrons. The lowest BCUT2D eigenvalue weighted by Crippen LogP contribution is -2.46. The highest BCUT2D eigenvalue weighted by Crippen LogP contribution is 2.46. The first-order valence-electron chi connectivity index (χ1n) is 9.27. The van der Waals surface area contributed by atoms with E-state index in [0.29, 0.717) is 6.54 Å². The van der Waals surface area contributed by atoms with Crippen molar-refractivity contribution in [3.05, 3.63) is 42.0 Å². The Balaban J connectivity index is 1.51. The van der Waals surface area contributed by atoms with Crippen molar-refractivity contribution in [2.24, 2.45) is 12.0 Å². The van der Waals surface area contributed by atoms with Crippen LogP contribution in [0.4, 0.5) is 0 Å². The van der Waals surface area contributed by atoms with Crippen LogP contribution in [0.25, 0.3) is 0 Å². The summed E-state index contributed by atoms with van der Waals surface area (Å²) >= 11 is 0. The second-order valence-corrected chi connectivity index (χ2v) is 7.16. The van der Waals surface area contributed by atoms with Crippen LogP contribution in [0, 0.1) is 0 Å². The van der Waals surface area contributed by atoms with Crippen molar-refractivity contribution in [1.29, 1.82) is 0 Å². The molecular formula is C19H26N6O. The molecule has 1 saturated carbocycles. The molecule has 7 nitrogen and oxygen atoms in total. The lowest BCUT2D eigenvalue weighted by molar-refractivity contribution is 0.0396. The summed E-state index contributed by atoms with van der Waals surface area (Å²) in [6, 6.07) is 8.53. The van der Waals surface area contributed by atoms with Crippen LogP contribution in [0.5, 0.6) is 5.75 Å². The predicted octanol–water partition coefficient (Wildman–Crippen LogP) is 2.32. The summed E-state index contributed by atoms with van der Waals surface area (Å²) < 4.78 is 8.20. The maximum atomic E-state index is 6.44. The molecule has 2 N–H and O–H groups in total. The number of fused-ring (bicyclic) bond motifs is 1. The van der Waals surface area contributed by atoms with E-state index in [0.717, 1.165) is 36.8 Å². The second kappa shape index (κ2) is 6.97. The first-order valence-corrected chi connectivity index (χ1v) is 9.27. The molecule has 1 aromatic carbocycles. The van der Waals surface area contributed by atoms with Gasteiger partial charge in [-0.25, -0.2) is 4.98 Å². The van der Waals surface area contributed by atoms with Crippen LogP contribution in [0.1, 0.15) is 49.5 Å². The van der Waals surface area contributed by atoms with Gasteiger partial charge in [0.05, 0.1) is 12.6 Å². The van der Waals surface area contributed by atoms with Crippen LogP contribution >= 0.6 is 0 Å². The van der Waals surface area contributed by atoms with Crippen molar-refractivity contribution in [2.75, 3.05) is 7.05 Å². The van der Waals surface area contributed by atoms with Gasteiger partial charge in [-0.3, -0.25) is 9.67 Å². The summed E-state index contributed by atoms with van der Waals surface area (Å²) in [4.78, 5) is 8.64. The Labute approximate surface area is 153 Å². The van der Waals surface area contributed by atoms with Gasteiger partial charge in [-0.2, -0.15) is 5.10 Å². The standard InChI is InChI=1S/C19H26N6O/c1-20-18(21-12-17-22-13-23-25(17)2)24-15-11-19(9-5-6-10-19)26-16-8-4-3-7-14(15)16/h3-4,7-8,13,15H,5-6,9-12H2,1-2H3,(H2,20,21,24). The Morgan fingerprint density at radius 3 is 2.88 bits per heavy atom. The van der Waals surface area contributed by atoms with Crippen molar-refractivity contribution in [3.63, 3.8) is 0 Å². The average Bonchev–Trinajstić information content (AvgIpc) is 3.27. The summed E-state index contributed by atoms with van der Waals surface area (Å²) in [5.41, 5.74) is 1.17. The molecule has 138 valence electrons. The van der Waals surface area contributed by atoms with Crippen LogP contribution in [0.15, 0.2) is 35.6 Å². The zero-order valence-electron chi connectivity index (χ0n) is 15.4. The van der Waals surface area contributed by atoms with E-state index in [9.17, 15) is 0 Å². The maximum Gasteiger partial charge on any atom is 0.191 e. The van der Waals surface area contributed by atoms with Gasteiger partial charge in [0.15, 0.2) is 5.96 Å². The number of guanidine groups is 1. The molecule has 1 aromatic heterocycles. The highest BCUT2D eigenvalue weighted by molar-refractivity contribution is 5.80. The van der Waals surface area contributed by atoms with Gasteiger partial charge in [0.2, 0.25) is 0 Å². The van der Waals surface area contributed by atoms with E-state index < -0.39 is 0 Å². The van der Waals surface area contributed by atoms with Gasteiger partial charge in [-0.05, 0) is 31.7 Å². The first kappa shape index (κ1) is 16.9. The topological polar surface area (TPSA) is 76.4 Å². The van der Waals surface area contributed by atoms with Crippen molar-refractivity contribution >= 4 is 5.96 Å². The Morgan fingerprint density at radius 2 is 2.15 bits per heavy atom. The number of aryl methyl sites for hydroxylation is 1. The molecule has 1 aliphatic heterocycles. The number of nitrogens with one attached hydrogen (secondary N) is 2. The number of nitrogens with zero attached hydrogens (tertiary/aromatic N) is 4. The third-order valence-electron chi connectivity index (χ3n) is 5.47. The molecule has 4 rings (SSSR count). The summed E-state index contributed by atoms with van der Waals surface area (Å²) in [6.07, 6.45) is 7.28. The minimum absolute atomic E-state index is 0.0333. The molecule has 2 aliphatic rings. The molecule has 1 fully saturated rings. The second-order valence-electron chi connectivity index (χ2n) is 7.16. The molecular weight excluding hydrogens is 328 g/mol. The monoisotopic (exact) mass is 354 g/mol. The Bertz CT molecular complexity index is 793. The molecule has 26 heavy (non-hydrogen) atoms. The molecule has 0 bridgehead atoms. The lowest BCUT2D eigenvalue weighted by Gasteiger charge is -2.40. The Hall–Kier alpha value is -2.57. The Morgan fingerprint density at radius 1 is 1.35 bits per heavy atom. The van der Waals surface area contributed by atoms with Crippen molar-refractivity contribution in [2.45, 2.75) is 50.3 Å². The summed E-state index contributed by atoms with van der Waals surface area (Å²) in [5, 5.41) is 11.0. The van der Waals surface area contributed by atoms with Gasteiger partial charge < -0.3 is 15.4 Å². The zero-order valence-corrected chi connectivity index (χ0v) is 15.4. The van der Waals surface area contributed by atoms with E-state index in [1.165, 1.54) is 18.4 Å². The number of aliphatic imine (C=N–C) groups is 1. The van der Waals surface area contributed by atoms with Gasteiger partial charge >= 0.3 is 0 Å². The van der Waals surface area contributed by atoms with E-state index in [-0.39, 0.29) is 11.6 Å². The van der Waals surface area contributed by atoms with E-state index in [2.05, 4.69) is 43.9 Å². The minimum Gasteiger partial charge on any atom is -0.487 e. The fraction of sp³-hybridized carbons (Fsp3) is 0.526. The van der Waals surface area contributed by atoms with E-state index in [1.807, 2.05) is 13.1 Å². The average molecular weight is 354 g/mol. The number of para-hydroxylation sites is 1.